The summed E-state index contributed by atoms with van der Waals surface area (Å²) in [5.41, 5.74) is 2.09. The van der Waals surface area contributed by atoms with E-state index >= 15 is 0 Å². The molecule has 2 fully saturated rings. The van der Waals surface area contributed by atoms with Crippen molar-refractivity contribution in [2.24, 2.45) is 5.92 Å². The number of rotatable bonds is 8. The summed E-state index contributed by atoms with van der Waals surface area (Å²) in [4.78, 5) is 13.8. The molecular formula is C23H33N5O3S. The first-order valence-electron chi connectivity index (χ1n) is 11.3. The van der Waals surface area contributed by atoms with Gasteiger partial charge in [-0.05, 0) is 24.5 Å². The minimum Gasteiger partial charge on any atom is -0.376 e. The Balaban J connectivity index is 1.40. The maximum atomic E-state index is 12.3. The molecule has 2 aromatic rings. The zero-order valence-electron chi connectivity index (χ0n) is 18.8. The van der Waals surface area contributed by atoms with Crippen LogP contribution >= 0.6 is 0 Å². The second-order valence-corrected chi connectivity index (χ2v) is 10.7. The summed E-state index contributed by atoms with van der Waals surface area (Å²) >= 11 is 0. The Hall–Kier alpha value is -2.07. The van der Waals surface area contributed by atoms with E-state index in [1.807, 2.05) is 42.6 Å². The SMILES string of the molecule is CS(=O)(=O)N1CCN(Cc2ccnc(N3CCCC3)n2)C[C@@H](COCc2ccccc2)C1. The van der Waals surface area contributed by atoms with Crippen molar-refractivity contribution in [1.29, 1.82) is 0 Å². The summed E-state index contributed by atoms with van der Waals surface area (Å²) in [6.07, 6.45) is 5.49. The molecule has 0 spiro atoms. The first-order valence-corrected chi connectivity index (χ1v) is 13.2. The van der Waals surface area contributed by atoms with Crippen LogP contribution in [0.2, 0.25) is 0 Å². The van der Waals surface area contributed by atoms with Gasteiger partial charge in [0.2, 0.25) is 16.0 Å². The van der Waals surface area contributed by atoms with Crippen molar-refractivity contribution in [2.75, 3.05) is 57.0 Å². The maximum Gasteiger partial charge on any atom is 0.225 e. The van der Waals surface area contributed by atoms with Gasteiger partial charge in [0.1, 0.15) is 0 Å². The summed E-state index contributed by atoms with van der Waals surface area (Å²) in [6, 6.07) is 12.0. The molecule has 0 aliphatic carbocycles. The predicted molar refractivity (Wildman–Crippen MR) is 125 cm³/mol. The molecule has 0 amide bonds. The van der Waals surface area contributed by atoms with E-state index in [1.54, 1.807) is 4.31 Å². The molecule has 2 saturated heterocycles. The van der Waals surface area contributed by atoms with Crippen molar-refractivity contribution in [1.82, 2.24) is 19.2 Å². The van der Waals surface area contributed by atoms with E-state index in [0.29, 0.717) is 39.4 Å². The molecule has 0 saturated carbocycles. The topological polar surface area (TPSA) is 78.9 Å². The summed E-state index contributed by atoms with van der Waals surface area (Å²) in [5, 5.41) is 0. The minimum atomic E-state index is -3.25. The van der Waals surface area contributed by atoms with Gasteiger partial charge in [-0.1, -0.05) is 30.3 Å². The van der Waals surface area contributed by atoms with Gasteiger partial charge in [0.15, 0.2) is 0 Å². The average Bonchev–Trinajstić information content (AvgIpc) is 3.23. The fourth-order valence-corrected chi connectivity index (χ4v) is 5.28. The van der Waals surface area contributed by atoms with Crippen LogP contribution in [0.4, 0.5) is 5.95 Å². The van der Waals surface area contributed by atoms with E-state index in [9.17, 15) is 8.42 Å². The van der Waals surface area contributed by atoms with E-state index in [4.69, 9.17) is 9.72 Å². The number of ether oxygens (including phenoxy) is 1. The number of benzene rings is 1. The lowest BCUT2D eigenvalue weighted by Crippen LogP contribution is -2.36. The highest BCUT2D eigenvalue weighted by Crippen LogP contribution is 2.18. The van der Waals surface area contributed by atoms with Gasteiger partial charge < -0.3 is 9.64 Å². The van der Waals surface area contributed by atoms with Gasteiger partial charge in [-0.15, -0.1) is 0 Å². The zero-order valence-corrected chi connectivity index (χ0v) is 19.6. The lowest BCUT2D eigenvalue weighted by atomic mass is 10.1. The van der Waals surface area contributed by atoms with Crippen molar-refractivity contribution in [3.63, 3.8) is 0 Å². The fourth-order valence-electron chi connectivity index (χ4n) is 4.39. The number of hydrogen-bond acceptors (Lipinski definition) is 7. The van der Waals surface area contributed by atoms with E-state index in [-0.39, 0.29) is 5.92 Å². The Kier molecular flexibility index (Phi) is 7.72. The van der Waals surface area contributed by atoms with Gasteiger partial charge in [0, 0.05) is 57.9 Å². The smallest absolute Gasteiger partial charge is 0.225 e. The van der Waals surface area contributed by atoms with Gasteiger partial charge in [0.05, 0.1) is 25.2 Å². The highest BCUT2D eigenvalue weighted by Gasteiger charge is 2.28. The number of sulfonamides is 1. The third kappa shape index (κ3) is 6.48. The lowest BCUT2D eigenvalue weighted by molar-refractivity contribution is 0.0724. The normalized spacial score (nSPS) is 21.0. The number of aromatic nitrogens is 2. The van der Waals surface area contributed by atoms with Gasteiger partial charge in [-0.3, -0.25) is 4.90 Å². The molecule has 8 nitrogen and oxygen atoms in total. The Morgan fingerprint density at radius 1 is 1.03 bits per heavy atom. The molecule has 2 aliphatic heterocycles. The zero-order chi connectivity index (χ0) is 22.4. The monoisotopic (exact) mass is 459 g/mol. The first-order chi connectivity index (χ1) is 15.5. The van der Waals surface area contributed by atoms with Gasteiger partial charge in [-0.25, -0.2) is 22.7 Å². The molecule has 174 valence electrons. The van der Waals surface area contributed by atoms with Crippen LogP contribution in [-0.4, -0.2) is 79.7 Å². The molecule has 9 heteroatoms. The number of anilines is 1. The highest BCUT2D eigenvalue weighted by molar-refractivity contribution is 7.88. The summed E-state index contributed by atoms with van der Waals surface area (Å²) in [6.45, 7) is 6.15. The largest absolute Gasteiger partial charge is 0.376 e. The average molecular weight is 460 g/mol. The van der Waals surface area contributed by atoms with E-state index in [0.717, 1.165) is 36.8 Å². The molecular weight excluding hydrogens is 426 g/mol. The Morgan fingerprint density at radius 2 is 1.81 bits per heavy atom. The van der Waals surface area contributed by atoms with Crippen LogP contribution in [0, 0.1) is 5.92 Å². The lowest BCUT2D eigenvalue weighted by Gasteiger charge is -2.24. The molecule has 2 aliphatic rings. The van der Waals surface area contributed by atoms with E-state index in [2.05, 4.69) is 14.8 Å². The van der Waals surface area contributed by atoms with Crippen molar-refractivity contribution in [2.45, 2.75) is 26.0 Å². The summed E-state index contributed by atoms with van der Waals surface area (Å²) in [7, 11) is -3.25. The minimum absolute atomic E-state index is 0.0934. The summed E-state index contributed by atoms with van der Waals surface area (Å²) < 4.78 is 32.1. The van der Waals surface area contributed by atoms with Crippen molar-refractivity contribution in [3.8, 4) is 0 Å². The van der Waals surface area contributed by atoms with Crippen LogP contribution in [0.5, 0.6) is 0 Å². The first kappa shape index (κ1) is 23.1. The quantitative estimate of drug-likeness (QED) is 0.597. The standard InChI is InChI=1S/C23H33N5O3S/c1-32(29,30)28-14-13-26(15-21(16-28)19-31-18-20-7-3-2-4-8-20)17-22-9-10-24-23(25-22)27-11-5-6-12-27/h2-4,7-10,21H,5-6,11-19H2,1H3/t21-/m1/s1. The Morgan fingerprint density at radius 3 is 2.56 bits per heavy atom. The molecule has 0 unspecified atom stereocenters. The van der Waals surface area contributed by atoms with Crippen LogP contribution in [0.3, 0.4) is 0 Å². The Bertz CT molecular complexity index is 967. The second-order valence-electron chi connectivity index (χ2n) is 8.77. The van der Waals surface area contributed by atoms with Gasteiger partial charge in [0.25, 0.3) is 0 Å². The van der Waals surface area contributed by atoms with Crippen LogP contribution in [0.1, 0.15) is 24.1 Å². The van der Waals surface area contributed by atoms with Crippen LogP contribution in [0.15, 0.2) is 42.6 Å². The van der Waals surface area contributed by atoms with Crippen molar-refractivity contribution >= 4 is 16.0 Å². The molecule has 4 rings (SSSR count). The fraction of sp³-hybridized carbons (Fsp3) is 0.565. The van der Waals surface area contributed by atoms with E-state index in [1.165, 1.54) is 19.1 Å². The van der Waals surface area contributed by atoms with E-state index < -0.39 is 10.0 Å². The molecule has 1 aromatic heterocycles. The summed E-state index contributed by atoms with van der Waals surface area (Å²) in [5.74, 6) is 0.895. The van der Waals surface area contributed by atoms with Crippen molar-refractivity contribution in [3.05, 3.63) is 53.9 Å². The molecule has 3 heterocycles. The maximum absolute atomic E-state index is 12.3. The van der Waals surface area contributed by atoms with Crippen LogP contribution in [-0.2, 0) is 27.9 Å². The highest BCUT2D eigenvalue weighted by atomic mass is 32.2. The van der Waals surface area contributed by atoms with Crippen LogP contribution in [0.25, 0.3) is 0 Å². The van der Waals surface area contributed by atoms with Gasteiger partial charge in [-0.2, -0.15) is 0 Å². The molecule has 0 N–H and O–H groups in total. The molecule has 0 radical (unpaired) electrons. The van der Waals surface area contributed by atoms with Crippen molar-refractivity contribution < 1.29 is 13.2 Å². The molecule has 32 heavy (non-hydrogen) atoms. The number of nitrogens with zero attached hydrogens (tertiary/aromatic N) is 5. The third-order valence-corrected chi connectivity index (χ3v) is 7.32. The van der Waals surface area contributed by atoms with Gasteiger partial charge >= 0.3 is 0 Å². The Labute approximate surface area is 191 Å². The number of hydrogen-bond donors (Lipinski definition) is 0. The second kappa shape index (κ2) is 10.7. The predicted octanol–water partition coefficient (Wildman–Crippen LogP) is 1.99. The van der Waals surface area contributed by atoms with Crippen LogP contribution < -0.4 is 4.90 Å². The molecule has 0 bridgehead atoms. The third-order valence-electron chi connectivity index (χ3n) is 6.05. The molecule has 1 aromatic carbocycles. The molecule has 1 atom stereocenters.